The van der Waals surface area contributed by atoms with Crippen LogP contribution in [0.5, 0.6) is 0 Å². The van der Waals surface area contributed by atoms with E-state index in [1.54, 1.807) is 24.3 Å². The largest absolute Gasteiger partial charge is 0.286 e. The van der Waals surface area contributed by atoms with Gasteiger partial charge in [0.05, 0.1) is 11.2 Å². The molecule has 2 rings (SSSR count). The lowest BCUT2D eigenvalue weighted by atomic mass is 10.1. The highest BCUT2D eigenvalue weighted by Crippen LogP contribution is 2.27. The highest BCUT2D eigenvalue weighted by molar-refractivity contribution is 7.86. The van der Waals surface area contributed by atoms with Crippen molar-refractivity contribution >= 4 is 34.3 Å². The molecule has 1 heterocycles. The molecule has 0 aliphatic carbocycles. The van der Waals surface area contributed by atoms with Gasteiger partial charge in [0.1, 0.15) is 5.84 Å². The zero-order valence-electron chi connectivity index (χ0n) is 8.95. The van der Waals surface area contributed by atoms with Gasteiger partial charge in [-0.3, -0.25) is 5.41 Å². The summed E-state index contributed by atoms with van der Waals surface area (Å²) in [6, 6.07) is 6.98. The molecule has 0 aromatic heterocycles. The standard InChI is InChI=1S/C10H12ClN3OS/c1-10(2)9(12)14(16(15)13-10)8-5-3-4-7(11)6-8/h3-6,12-13H,1-2H3. The molecule has 0 saturated carbocycles. The summed E-state index contributed by atoms with van der Waals surface area (Å²) in [6.45, 7) is 3.63. The van der Waals surface area contributed by atoms with Gasteiger partial charge in [-0.15, -0.1) is 0 Å². The molecule has 1 unspecified atom stereocenters. The van der Waals surface area contributed by atoms with Crippen molar-refractivity contribution in [2.24, 2.45) is 0 Å². The number of anilines is 1. The second-order valence-electron chi connectivity index (χ2n) is 4.10. The number of rotatable bonds is 1. The van der Waals surface area contributed by atoms with Gasteiger partial charge in [0.15, 0.2) is 0 Å². The Morgan fingerprint density at radius 3 is 2.69 bits per heavy atom. The summed E-state index contributed by atoms with van der Waals surface area (Å²) >= 11 is 4.45. The van der Waals surface area contributed by atoms with Crippen LogP contribution in [0, 0.1) is 5.41 Å². The van der Waals surface area contributed by atoms with Crippen molar-refractivity contribution in [1.29, 1.82) is 5.41 Å². The van der Waals surface area contributed by atoms with E-state index in [-0.39, 0.29) is 5.84 Å². The SMILES string of the molecule is CC1(C)NS(=O)N(c2cccc(Cl)c2)C1=N. The van der Waals surface area contributed by atoms with Crippen LogP contribution in [-0.4, -0.2) is 15.6 Å². The van der Waals surface area contributed by atoms with Crippen LogP contribution in [-0.2, 0) is 11.2 Å². The Morgan fingerprint density at radius 1 is 1.50 bits per heavy atom. The predicted octanol–water partition coefficient (Wildman–Crippen LogP) is 2.08. The molecule has 0 radical (unpaired) electrons. The van der Waals surface area contributed by atoms with E-state index in [0.717, 1.165) is 0 Å². The first-order chi connectivity index (χ1) is 7.42. The van der Waals surface area contributed by atoms with Crippen molar-refractivity contribution in [2.45, 2.75) is 19.4 Å². The Bertz CT molecular complexity index is 475. The van der Waals surface area contributed by atoms with Crippen LogP contribution in [0.1, 0.15) is 13.8 Å². The van der Waals surface area contributed by atoms with Crippen molar-refractivity contribution in [2.75, 3.05) is 4.31 Å². The van der Waals surface area contributed by atoms with Crippen LogP contribution in [0.3, 0.4) is 0 Å². The molecule has 1 aromatic carbocycles. The number of hydrogen-bond acceptors (Lipinski definition) is 2. The zero-order valence-corrected chi connectivity index (χ0v) is 10.5. The van der Waals surface area contributed by atoms with Crippen LogP contribution in [0.4, 0.5) is 5.69 Å². The maximum absolute atomic E-state index is 11.9. The molecule has 1 aromatic rings. The molecule has 1 aliphatic heterocycles. The minimum absolute atomic E-state index is 0.271. The molecule has 86 valence electrons. The number of halogens is 1. The van der Waals surface area contributed by atoms with Crippen molar-refractivity contribution in [3.63, 3.8) is 0 Å². The fourth-order valence-corrected chi connectivity index (χ4v) is 2.98. The van der Waals surface area contributed by atoms with Crippen molar-refractivity contribution < 1.29 is 4.21 Å². The highest BCUT2D eigenvalue weighted by Gasteiger charge is 2.41. The fourth-order valence-electron chi connectivity index (χ4n) is 1.48. The number of benzene rings is 1. The summed E-state index contributed by atoms with van der Waals surface area (Å²) in [5, 5.41) is 8.54. The first-order valence-electron chi connectivity index (χ1n) is 4.76. The van der Waals surface area contributed by atoms with Crippen molar-refractivity contribution in [3.05, 3.63) is 29.3 Å². The maximum Gasteiger partial charge on any atom is 0.203 e. The van der Waals surface area contributed by atoms with E-state index in [1.807, 2.05) is 13.8 Å². The summed E-state index contributed by atoms with van der Waals surface area (Å²) in [7, 11) is 0. The number of nitrogens with zero attached hydrogens (tertiary/aromatic N) is 1. The Kier molecular flexibility index (Phi) is 2.77. The summed E-state index contributed by atoms with van der Waals surface area (Å²) in [5.41, 5.74) is 0.0709. The molecular weight excluding hydrogens is 246 g/mol. The van der Waals surface area contributed by atoms with Crippen LogP contribution >= 0.6 is 11.6 Å². The van der Waals surface area contributed by atoms with Gasteiger partial charge in [0.25, 0.3) is 0 Å². The summed E-state index contributed by atoms with van der Waals surface area (Å²) in [6.07, 6.45) is 0. The third kappa shape index (κ3) is 1.86. The van der Waals surface area contributed by atoms with E-state index < -0.39 is 16.7 Å². The molecule has 1 atom stereocenters. The number of nitrogens with one attached hydrogen (secondary N) is 2. The zero-order chi connectivity index (χ0) is 11.9. The lowest BCUT2D eigenvalue weighted by molar-refractivity contribution is 0.624. The van der Waals surface area contributed by atoms with E-state index in [0.29, 0.717) is 10.7 Å². The summed E-state index contributed by atoms with van der Waals surface area (Å²) in [5.74, 6) is 0.271. The molecule has 2 N–H and O–H groups in total. The van der Waals surface area contributed by atoms with Gasteiger partial charge >= 0.3 is 0 Å². The van der Waals surface area contributed by atoms with Crippen LogP contribution in [0.2, 0.25) is 5.02 Å². The molecular formula is C10H12ClN3OS. The van der Waals surface area contributed by atoms with Crippen molar-refractivity contribution in [1.82, 2.24) is 4.72 Å². The number of amidine groups is 1. The van der Waals surface area contributed by atoms with Crippen LogP contribution in [0.25, 0.3) is 0 Å². The monoisotopic (exact) mass is 257 g/mol. The predicted molar refractivity (Wildman–Crippen MR) is 67.0 cm³/mol. The normalized spacial score (nSPS) is 23.8. The number of hydrogen-bond donors (Lipinski definition) is 2. The lowest BCUT2D eigenvalue weighted by Gasteiger charge is -2.19. The van der Waals surface area contributed by atoms with E-state index >= 15 is 0 Å². The molecule has 1 aliphatic rings. The third-order valence-electron chi connectivity index (χ3n) is 2.35. The molecule has 0 amide bonds. The third-order valence-corrected chi connectivity index (χ3v) is 3.99. The van der Waals surface area contributed by atoms with Gasteiger partial charge in [0, 0.05) is 5.02 Å². The highest BCUT2D eigenvalue weighted by atomic mass is 35.5. The fraction of sp³-hybridized carbons (Fsp3) is 0.300. The van der Waals surface area contributed by atoms with E-state index in [1.165, 1.54) is 4.31 Å². The second kappa shape index (κ2) is 3.84. The molecule has 0 bridgehead atoms. The molecule has 16 heavy (non-hydrogen) atoms. The topological polar surface area (TPSA) is 56.2 Å². The van der Waals surface area contributed by atoms with Gasteiger partial charge in [-0.25, -0.2) is 13.2 Å². The lowest BCUT2D eigenvalue weighted by Crippen LogP contribution is -2.39. The Hall–Kier alpha value is -0.910. The first kappa shape index (κ1) is 11.6. The van der Waals surface area contributed by atoms with E-state index in [9.17, 15) is 4.21 Å². The Balaban J connectivity index is 2.43. The van der Waals surface area contributed by atoms with Crippen molar-refractivity contribution in [3.8, 4) is 0 Å². The maximum atomic E-state index is 11.9. The van der Waals surface area contributed by atoms with Gasteiger partial charge in [-0.1, -0.05) is 17.7 Å². The molecule has 1 saturated heterocycles. The van der Waals surface area contributed by atoms with Crippen LogP contribution in [0.15, 0.2) is 24.3 Å². The smallest absolute Gasteiger partial charge is 0.203 e. The molecule has 6 heteroatoms. The van der Waals surface area contributed by atoms with E-state index in [2.05, 4.69) is 4.72 Å². The van der Waals surface area contributed by atoms with E-state index in [4.69, 9.17) is 17.0 Å². The van der Waals surface area contributed by atoms with Gasteiger partial charge in [0.2, 0.25) is 11.2 Å². The average Bonchev–Trinajstić information content (AvgIpc) is 2.36. The van der Waals surface area contributed by atoms with Gasteiger partial charge in [-0.2, -0.15) is 0 Å². The summed E-state index contributed by atoms with van der Waals surface area (Å²) in [4.78, 5) is 0. The Morgan fingerprint density at radius 2 is 2.19 bits per heavy atom. The second-order valence-corrected chi connectivity index (χ2v) is 5.60. The minimum atomic E-state index is -1.42. The summed E-state index contributed by atoms with van der Waals surface area (Å²) < 4.78 is 16.1. The quantitative estimate of drug-likeness (QED) is 0.795. The minimum Gasteiger partial charge on any atom is -0.286 e. The molecule has 4 nitrogen and oxygen atoms in total. The van der Waals surface area contributed by atoms with Crippen LogP contribution < -0.4 is 9.03 Å². The Labute approximate surface area is 102 Å². The molecule has 0 spiro atoms. The van der Waals surface area contributed by atoms with Gasteiger partial charge < -0.3 is 0 Å². The molecule has 1 fully saturated rings. The van der Waals surface area contributed by atoms with Gasteiger partial charge in [-0.05, 0) is 32.0 Å². The first-order valence-corrected chi connectivity index (χ1v) is 6.25. The average molecular weight is 258 g/mol.